The third-order valence-corrected chi connectivity index (χ3v) is 3.99. The normalized spacial score (nSPS) is 10.8. The van der Waals surface area contributed by atoms with Gasteiger partial charge in [-0.15, -0.1) is 0 Å². The van der Waals surface area contributed by atoms with Crippen LogP contribution in [-0.4, -0.2) is 31.0 Å². The van der Waals surface area contributed by atoms with Crippen LogP contribution < -0.4 is 5.32 Å². The van der Waals surface area contributed by atoms with E-state index in [4.69, 9.17) is 5.11 Å². The number of anilines is 1. The van der Waals surface area contributed by atoms with Crippen LogP contribution in [0.4, 0.5) is 5.95 Å². The minimum Gasteiger partial charge on any atom is -0.478 e. The number of nitrogens with zero attached hydrogens (tertiary/aromatic N) is 3. The lowest BCUT2D eigenvalue weighted by molar-refractivity contribution is 0.0697. The van der Waals surface area contributed by atoms with Gasteiger partial charge in [-0.3, -0.25) is 4.98 Å². The van der Waals surface area contributed by atoms with Crippen molar-refractivity contribution >= 4 is 22.8 Å². The van der Waals surface area contributed by atoms with E-state index in [2.05, 4.69) is 37.4 Å². The first-order chi connectivity index (χ1) is 12.7. The molecule has 7 heteroatoms. The molecule has 0 bridgehead atoms. The summed E-state index contributed by atoms with van der Waals surface area (Å²) < 4.78 is 0. The van der Waals surface area contributed by atoms with E-state index in [1.54, 1.807) is 12.3 Å². The zero-order chi connectivity index (χ0) is 17.9. The van der Waals surface area contributed by atoms with Gasteiger partial charge in [-0.05, 0) is 41.3 Å². The monoisotopic (exact) mass is 345 g/mol. The van der Waals surface area contributed by atoms with Gasteiger partial charge < -0.3 is 15.4 Å². The highest BCUT2D eigenvalue weighted by molar-refractivity contribution is 5.88. The van der Waals surface area contributed by atoms with Crippen LogP contribution in [0.3, 0.4) is 0 Å². The third-order valence-electron chi connectivity index (χ3n) is 3.99. The van der Waals surface area contributed by atoms with Crippen molar-refractivity contribution in [2.45, 2.75) is 6.54 Å². The molecule has 0 aliphatic heterocycles. The van der Waals surface area contributed by atoms with E-state index in [0.29, 0.717) is 23.9 Å². The third kappa shape index (κ3) is 3.23. The number of hydrogen-bond donors (Lipinski definition) is 3. The molecule has 0 atom stereocenters. The van der Waals surface area contributed by atoms with Gasteiger partial charge in [0.2, 0.25) is 5.95 Å². The summed E-state index contributed by atoms with van der Waals surface area (Å²) in [6.07, 6.45) is 4.99. The molecule has 0 radical (unpaired) electrons. The average molecular weight is 345 g/mol. The second-order valence-corrected chi connectivity index (χ2v) is 5.75. The van der Waals surface area contributed by atoms with Gasteiger partial charge in [-0.25, -0.2) is 14.8 Å². The van der Waals surface area contributed by atoms with E-state index < -0.39 is 5.97 Å². The molecule has 26 heavy (non-hydrogen) atoms. The highest BCUT2D eigenvalue weighted by Gasteiger charge is 2.08. The number of rotatable bonds is 5. The van der Waals surface area contributed by atoms with Crippen LogP contribution in [0.5, 0.6) is 0 Å². The Labute approximate surface area is 148 Å². The minimum atomic E-state index is -0.999. The smallest absolute Gasteiger partial charge is 0.335 e. The van der Waals surface area contributed by atoms with Crippen LogP contribution in [0, 0.1) is 0 Å². The minimum absolute atomic E-state index is 0.169. The zero-order valence-electron chi connectivity index (χ0n) is 13.7. The van der Waals surface area contributed by atoms with Gasteiger partial charge in [0, 0.05) is 30.7 Å². The molecule has 3 aromatic heterocycles. The second-order valence-electron chi connectivity index (χ2n) is 5.75. The standard InChI is InChI=1S/C19H15N5O2/c25-18(26)14-4-7-21-17(10-14)15-5-8-22-19(24-15)23-11-12-1-2-13-3-6-20-16(13)9-12/h1-10,20H,11H2,(H,25,26)(H,22,23,24). The van der Waals surface area contributed by atoms with Crippen molar-refractivity contribution in [1.29, 1.82) is 0 Å². The van der Waals surface area contributed by atoms with E-state index in [9.17, 15) is 4.79 Å². The number of benzene rings is 1. The Kier molecular flexibility index (Phi) is 4.03. The summed E-state index contributed by atoms with van der Waals surface area (Å²) in [5.74, 6) is -0.544. The first-order valence-electron chi connectivity index (χ1n) is 8.02. The Morgan fingerprint density at radius 2 is 1.92 bits per heavy atom. The SMILES string of the molecule is O=C(O)c1ccnc(-c2ccnc(NCc3ccc4cc[nH]c4c3)n2)c1. The van der Waals surface area contributed by atoms with Crippen LogP contribution in [-0.2, 0) is 6.54 Å². The summed E-state index contributed by atoms with van der Waals surface area (Å²) in [7, 11) is 0. The number of carbonyl (C=O) groups is 1. The Balaban J connectivity index is 1.54. The molecule has 0 saturated heterocycles. The summed E-state index contributed by atoms with van der Waals surface area (Å²) in [5.41, 5.74) is 3.39. The lowest BCUT2D eigenvalue weighted by Crippen LogP contribution is -2.04. The lowest BCUT2D eigenvalue weighted by atomic mass is 10.1. The van der Waals surface area contributed by atoms with Crippen LogP contribution in [0.2, 0.25) is 0 Å². The highest BCUT2D eigenvalue weighted by atomic mass is 16.4. The van der Waals surface area contributed by atoms with Crippen LogP contribution in [0.15, 0.2) is 61.1 Å². The quantitative estimate of drug-likeness (QED) is 0.512. The molecular weight excluding hydrogens is 330 g/mol. The van der Waals surface area contributed by atoms with E-state index in [-0.39, 0.29) is 5.56 Å². The molecule has 0 unspecified atom stereocenters. The van der Waals surface area contributed by atoms with Crippen molar-refractivity contribution in [1.82, 2.24) is 19.9 Å². The fourth-order valence-electron chi connectivity index (χ4n) is 2.68. The predicted octanol–water partition coefficient (Wildman–Crippen LogP) is 3.33. The van der Waals surface area contributed by atoms with Gasteiger partial charge in [-0.1, -0.05) is 12.1 Å². The molecule has 0 fully saturated rings. The van der Waals surface area contributed by atoms with Crippen molar-refractivity contribution in [3.05, 3.63) is 72.2 Å². The Morgan fingerprint density at radius 1 is 1.04 bits per heavy atom. The highest BCUT2D eigenvalue weighted by Crippen LogP contribution is 2.18. The van der Waals surface area contributed by atoms with Crippen LogP contribution in [0.25, 0.3) is 22.3 Å². The van der Waals surface area contributed by atoms with Crippen LogP contribution >= 0.6 is 0 Å². The molecule has 0 saturated carbocycles. The van der Waals surface area contributed by atoms with E-state index in [1.807, 2.05) is 18.3 Å². The fraction of sp³-hybridized carbons (Fsp3) is 0.0526. The first-order valence-corrected chi connectivity index (χ1v) is 8.02. The molecule has 7 nitrogen and oxygen atoms in total. The summed E-state index contributed by atoms with van der Waals surface area (Å²) >= 11 is 0. The topological polar surface area (TPSA) is 104 Å². The second kappa shape index (κ2) is 6.64. The number of nitrogens with one attached hydrogen (secondary N) is 2. The maximum atomic E-state index is 11.1. The van der Waals surface area contributed by atoms with E-state index in [1.165, 1.54) is 18.3 Å². The van der Waals surface area contributed by atoms with Gasteiger partial charge in [-0.2, -0.15) is 0 Å². The maximum Gasteiger partial charge on any atom is 0.335 e. The number of H-pyrrole nitrogens is 1. The summed E-state index contributed by atoms with van der Waals surface area (Å²) in [6.45, 7) is 0.570. The van der Waals surface area contributed by atoms with Crippen molar-refractivity contribution < 1.29 is 9.90 Å². The average Bonchev–Trinajstić information content (AvgIpc) is 3.14. The number of aromatic carboxylic acids is 1. The van der Waals surface area contributed by atoms with Crippen LogP contribution in [0.1, 0.15) is 15.9 Å². The molecule has 0 spiro atoms. The largest absolute Gasteiger partial charge is 0.478 e. The molecule has 4 rings (SSSR count). The molecule has 3 heterocycles. The van der Waals surface area contributed by atoms with Gasteiger partial charge >= 0.3 is 5.97 Å². The molecule has 0 aliphatic carbocycles. The molecule has 0 amide bonds. The number of pyridine rings is 1. The van der Waals surface area contributed by atoms with Crippen molar-refractivity contribution in [3.8, 4) is 11.4 Å². The molecular formula is C19H15N5O2. The van der Waals surface area contributed by atoms with Gasteiger partial charge in [0.15, 0.2) is 0 Å². The number of hydrogen-bond acceptors (Lipinski definition) is 5. The molecule has 128 valence electrons. The molecule has 1 aromatic carbocycles. The van der Waals surface area contributed by atoms with Gasteiger partial charge in [0.05, 0.1) is 17.0 Å². The predicted molar refractivity (Wildman–Crippen MR) is 97.8 cm³/mol. The number of fused-ring (bicyclic) bond motifs is 1. The first kappa shape index (κ1) is 15.8. The number of carboxylic acids is 1. The molecule has 3 N–H and O–H groups in total. The van der Waals surface area contributed by atoms with E-state index >= 15 is 0 Å². The van der Waals surface area contributed by atoms with Gasteiger partial charge in [0.25, 0.3) is 0 Å². The molecule has 0 aliphatic rings. The summed E-state index contributed by atoms with van der Waals surface area (Å²) in [6, 6.07) is 12.8. The van der Waals surface area contributed by atoms with Gasteiger partial charge in [0.1, 0.15) is 0 Å². The Morgan fingerprint density at radius 3 is 2.81 bits per heavy atom. The summed E-state index contributed by atoms with van der Waals surface area (Å²) in [5, 5.41) is 13.5. The number of aromatic nitrogens is 4. The fourth-order valence-corrected chi connectivity index (χ4v) is 2.68. The Hall–Kier alpha value is -3.74. The van der Waals surface area contributed by atoms with Crippen molar-refractivity contribution in [3.63, 3.8) is 0 Å². The molecule has 4 aromatic rings. The number of aromatic amines is 1. The Bertz CT molecular complexity index is 1090. The maximum absolute atomic E-state index is 11.1. The number of carboxylic acid groups (broad SMARTS) is 1. The summed E-state index contributed by atoms with van der Waals surface area (Å²) in [4.78, 5) is 27.1. The van der Waals surface area contributed by atoms with E-state index in [0.717, 1.165) is 16.5 Å². The zero-order valence-corrected chi connectivity index (χ0v) is 13.7. The lowest BCUT2D eigenvalue weighted by Gasteiger charge is -2.07. The van der Waals surface area contributed by atoms with Crippen molar-refractivity contribution in [2.75, 3.05) is 5.32 Å². The van der Waals surface area contributed by atoms with Crippen molar-refractivity contribution in [2.24, 2.45) is 0 Å².